The average Bonchev–Trinajstić information content (AvgIpc) is 2.40. The van der Waals surface area contributed by atoms with Gasteiger partial charge in [0.05, 0.1) is 0 Å². The third-order valence-corrected chi connectivity index (χ3v) is 6.16. The Kier molecular flexibility index (Phi) is 4.94. The first-order valence-corrected chi connectivity index (χ1v) is 8.51. The van der Waals surface area contributed by atoms with E-state index in [9.17, 15) is 0 Å². The minimum Gasteiger partial charge on any atom is -0.329 e. The van der Waals surface area contributed by atoms with Crippen LogP contribution in [0.2, 0.25) is 0 Å². The summed E-state index contributed by atoms with van der Waals surface area (Å²) < 4.78 is 0. The second kappa shape index (κ2) is 6.13. The van der Waals surface area contributed by atoms with Gasteiger partial charge in [0, 0.05) is 12.1 Å². The fraction of sp³-hybridized carbons (Fsp3) is 1.00. The largest absolute Gasteiger partial charge is 0.329 e. The van der Waals surface area contributed by atoms with Crippen molar-refractivity contribution in [2.45, 2.75) is 77.7 Å². The number of hydrogen-bond acceptors (Lipinski definition) is 2. The second-order valence-electron chi connectivity index (χ2n) is 7.55. The van der Waals surface area contributed by atoms with Gasteiger partial charge in [0.25, 0.3) is 0 Å². The number of likely N-dealkylation sites (tertiary alicyclic amines) is 1. The molecule has 0 amide bonds. The summed E-state index contributed by atoms with van der Waals surface area (Å²) in [7, 11) is 0. The zero-order chi connectivity index (χ0) is 13.9. The van der Waals surface area contributed by atoms with E-state index >= 15 is 0 Å². The number of nitrogens with two attached hydrogens (primary N) is 1. The lowest BCUT2D eigenvalue weighted by atomic mass is 9.61. The summed E-state index contributed by atoms with van der Waals surface area (Å²) in [5, 5.41) is 0. The second-order valence-corrected chi connectivity index (χ2v) is 7.55. The molecule has 0 spiro atoms. The van der Waals surface area contributed by atoms with Crippen LogP contribution in [0.15, 0.2) is 0 Å². The summed E-state index contributed by atoms with van der Waals surface area (Å²) in [5.41, 5.74) is 6.96. The highest BCUT2D eigenvalue weighted by Crippen LogP contribution is 2.48. The Morgan fingerprint density at radius 1 is 1.11 bits per heavy atom. The quantitative estimate of drug-likeness (QED) is 0.838. The number of hydrogen-bond donors (Lipinski definition) is 1. The van der Waals surface area contributed by atoms with Crippen molar-refractivity contribution in [3.05, 3.63) is 0 Å². The van der Waals surface area contributed by atoms with Crippen molar-refractivity contribution in [1.29, 1.82) is 0 Å². The van der Waals surface area contributed by atoms with Crippen LogP contribution in [-0.4, -0.2) is 30.1 Å². The molecule has 1 atom stereocenters. The van der Waals surface area contributed by atoms with Gasteiger partial charge in [-0.05, 0) is 50.1 Å². The summed E-state index contributed by atoms with van der Waals surface area (Å²) >= 11 is 0. The van der Waals surface area contributed by atoms with Crippen molar-refractivity contribution in [3.8, 4) is 0 Å². The molecule has 1 heterocycles. The van der Waals surface area contributed by atoms with E-state index < -0.39 is 0 Å². The van der Waals surface area contributed by atoms with E-state index in [1.807, 2.05) is 0 Å². The minimum atomic E-state index is 0.280. The maximum absolute atomic E-state index is 6.30. The van der Waals surface area contributed by atoms with Crippen molar-refractivity contribution in [3.63, 3.8) is 0 Å². The maximum atomic E-state index is 6.30. The lowest BCUT2D eigenvalue weighted by Gasteiger charge is -2.57. The summed E-state index contributed by atoms with van der Waals surface area (Å²) in [5.74, 6) is 0.975. The van der Waals surface area contributed by atoms with Gasteiger partial charge in [-0.1, -0.05) is 46.5 Å². The average molecular weight is 266 g/mol. The first-order valence-electron chi connectivity index (χ1n) is 8.51. The molecular formula is C17H34N2. The molecule has 2 fully saturated rings. The Labute approximate surface area is 120 Å². The summed E-state index contributed by atoms with van der Waals surface area (Å²) in [6.07, 6.45) is 11.0. The van der Waals surface area contributed by atoms with Crippen LogP contribution >= 0.6 is 0 Å². The highest BCUT2D eigenvalue weighted by Gasteiger charge is 2.49. The molecule has 0 aromatic rings. The highest BCUT2D eigenvalue weighted by atomic mass is 15.2. The molecular weight excluding hydrogens is 232 g/mol. The van der Waals surface area contributed by atoms with Crippen molar-refractivity contribution >= 4 is 0 Å². The highest BCUT2D eigenvalue weighted by molar-refractivity contribution is 5.05. The van der Waals surface area contributed by atoms with E-state index in [-0.39, 0.29) is 5.54 Å². The van der Waals surface area contributed by atoms with Gasteiger partial charge < -0.3 is 5.73 Å². The molecule has 0 aromatic heterocycles. The Morgan fingerprint density at radius 3 is 2.26 bits per heavy atom. The van der Waals surface area contributed by atoms with Crippen LogP contribution in [-0.2, 0) is 0 Å². The third-order valence-electron chi connectivity index (χ3n) is 6.16. The third kappa shape index (κ3) is 2.85. The van der Waals surface area contributed by atoms with Gasteiger partial charge >= 0.3 is 0 Å². The molecule has 112 valence electrons. The van der Waals surface area contributed by atoms with E-state index in [1.54, 1.807) is 0 Å². The van der Waals surface area contributed by atoms with E-state index in [0.717, 1.165) is 12.5 Å². The van der Waals surface area contributed by atoms with Crippen LogP contribution in [0, 0.1) is 11.3 Å². The van der Waals surface area contributed by atoms with Crippen molar-refractivity contribution in [1.82, 2.24) is 4.90 Å². The molecule has 2 rings (SSSR count). The monoisotopic (exact) mass is 266 g/mol. The predicted octanol–water partition coefficient (Wildman–Crippen LogP) is 3.80. The molecule has 2 aliphatic rings. The molecule has 2 nitrogen and oxygen atoms in total. The molecule has 1 aliphatic carbocycles. The van der Waals surface area contributed by atoms with Crippen LogP contribution < -0.4 is 5.73 Å². The van der Waals surface area contributed by atoms with Crippen LogP contribution in [0.4, 0.5) is 0 Å². The normalized spacial score (nSPS) is 33.5. The summed E-state index contributed by atoms with van der Waals surface area (Å²) in [6.45, 7) is 10.6. The van der Waals surface area contributed by atoms with E-state index in [4.69, 9.17) is 5.73 Å². The van der Waals surface area contributed by atoms with Crippen molar-refractivity contribution < 1.29 is 0 Å². The number of piperidine rings is 1. The number of rotatable bonds is 4. The Morgan fingerprint density at radius 2 is 1.74 bits per heavy atom. The zero-order valence-corrected chi connectivity index (χ0v) is 13.4. The molecule has 0 aromatic carbocycles. The topological polar surface area (TPSA) is 29.3 Å². The van der Waals surface area contributed by atoms with Gasteiger partial charge in [-0.25, -0.2) is 0 Å². The Balaban J connectivity index is 2.06. The maximum Gasteiger partial charge on any atom is 0.0382 e. The molecule has 0 radical (unpaired) electrons. The predicted molar refractivity (Wildman–Crippen MR) is 83.2 cm³/mol. The Hall–Kier alpha value is -0.0800. The van der Waals surface area contributed by atoms with Crippen molar-refractivity contribution in [2.75, 3.05) is 19.6 Å². The van der Waals surface area contributed by atoms with Gasteiger partial charge in [-0.2, -0.15) is 0 Å². The van der Waals surface area contributed by atoms with Crippen molar-refractivity contribution in [2.24, 2.45) is 17.1 Å². The van der Waals surface area contributed by atoms with E-state index in [2.05, 4.69) is 25.7 Å². The standard InChI is InChI=1S/C17H34N2/c1-4-7-15-8-12-19(13-9-15)17(14-18)11-6-5-10-16(17,2)3/h15H,4-14,18H2,1-3H3. The minimum absolute atomic E-state index is 0.280. The molecule has 0 bridgehead atoms. The summed E-state index contributed by atoms with van der Waals surface area (Å²) in [4.78, 5) is 2.78. The fourth-order valence-electron chi connectivity index (χ4n) is 4.71. The lowest BCUT2D eigenvalue weighted by Crippen LogP contribution is -2.65. The molecule has 2 N–H and O–H groups in total. The SMILES string of the molecule is CCCC1CCN(C2(CN)CCCCC2(C)C)CC1. The zero-order valence-electron chi connectivity index (χ0n) is 13.4. The van der Waals surface area contributed by atoms with Crippen LogP contribution in [0.3, 0.4) is 0 Å². The molecule has 1 unspecified atom stereocenters. The lowest BCUT2D eigenvalue weighted by molar-refractivity contribution is -0.0599. The van der Waals surface area contributed by atoms with Gasteiger partial charge in [0.1, 0.15) is 0 Å². The molecule has 1 aliphatic heterocycles. The van der Waals surface area contributed by atoms with Crippen LogP contribution in [0.1, 0.15) is 72.1 Å². The van der Waals surface area contributed by atoms with E-state index in [1.165, 1.54) is 64.5 Å². The summed E-state index contributed by atoms with van der Waals surface area (Å²) in [6, 6.07) is 0. The molecule has 1 saturated heterocycles. The molecule has 19 heavy (non-hydrogen) atoms. The van der Waals surface area contributed by atoms with Crippen LogP contribution in [0.5, 0.6) is 0 Å². The Bertz CT molecular complexity index is 279. The van der Waals surface area contributed by atoms with Gasteiger partial charge in [-0.3, -0.25) is 4.90 Å². The van der Waals surface area contributed by atoms with Crippen LogP contribution in [0.25, 0.3) is 0 Å². The smallest absolute Gasteiger partial charge is 0.0382 e. The number of nitrogens with zero attached hydrogens (tertiary/aromatic N) is 1. The van der Waals surface area contributed by atoms with Gasteiger partial charge in [0.15, 0.2) is 0 Å². The van der Waals surface area contributed by atoms with Gasteiger partial charge in [-0.15, -0.1) is 0 Å². The first-order chi connectivity index (χ1) is 9.05. The fourth-order valence-corrected chi connectivity index (χ4v) is 4.71. The molecule has 2 heteroatoms. The van der Waals surface area contributed by atoms with Gasteiger partial charge in [0.2, 0.25) is 0 Å². The van der Waals surface area contributed by atoms with E-state index in [0.29, 0.717) is 5.41 Å². The molecule has 1 saturated carbocycles. The first kappa shape index (κ1) is 15.3.